The Labute approximate surface area is 170 Å². The van der Waals surface area contributed by atoms with Gasteiger partial charge in [-0.3, -0.25) is 19.8 Å². The number of ether oxygens (including phenoxy) is 1. The van der Waals surface area contributed by atoms with Crippen molar-refractivity contribution >= 4 is 51.7 Å². The summed E-state index contributed by atoms with van der Waals surface area (Å²) in [6.07, 6.45) is 1.50. The van der Waals surface area contributed by atoms with E-state index in [2.05, 4.69) is 0 Å². The Morgan fingerprint density at radius 1 is 1.36 bits per heavy atom. The molecule has 0 atom stereocenters. The molecule has 2 aromatic carbocycles. The molecule has 1 aliphatic heterocycles. The molecular weight excluding hydrogens is 400 g/mol. The fraction of sp³-hybridized carbons (Fsp3) is 0.158. The number of phenolic OH excluding ortho intramolecular Hbond substituents is 1. The zero-order valence-corrected chi connectivity index (χ0v) is 16.7. The number of nitro groups is 1. The number of benzene rings is 2. The van der Waals surface area contributed by atoms with E-state index in [1.54, 1.807) is 13.0 Å². The van der Waals surface area contributed by atoms with Gasteiger partial charge in [-0.05, 0) is 49.2 Å². The number of hydrogen-bond acceptors (Lipinski definition) is 7. The predicted molar refractivity (Wildman–Crippen MR) is 113 cm³/mol. The first-order valence-electron chi connectivity index (χ1n) is 8.30. The number of rotatable bonds is 5. The lowest BCUT2D eigenvalue weighted by molar-refractivity contribution is -0.386. The van der Waals surface area contributed by atoms with Crippen LogP contribution in [-0.4, -0.2) is 26.9 Å². The quantitative estimate of drug-likeness (QED) is 0.334. The number of hydrogen-bond donors (Lipinski definition) is 1. The summed E-state index contributed by atoms with van der Waals surface area (Å²) in [5.74, 6) is -0.872. The molecule has 0 saturated carbocycles. The van der Waals surface area contributed by atoms with E-state index in [9.17, 15) is 20.0 Å². The third-order valence-corrected chi connectivity index (χ3v) is 5.23. The van der Waals surface area contributed by atoms with Gasteiger partial charge < -0.3 is 9.84 Å². The minimum absolute atomic E-state index is 0.0166. The Balaban J connectivity index is 2.01. The molecule has 0 spiro atoms. The lowest BCUT2D eigenvalue weighted by Crippen LogP contribution is -2.27. The average molecular weight is 416 g/mol. The molecule has 7 nitrogen and oxygen atoms in total. The molecule has 3 rings (SSSR count). The van der Waals surface area contributed by atoms with Crippen LogP contribution in [0.25, 0.3) is 6.08 Å². The van der Waals surface area contributed by atoms with Crippen LogP contribution in [0.15, 0.2) is 41.3 Å². The molecule has 28 heavy (non-hydrogen) atoms. The molecule has 0 aliphatic carbocycles. The number of nitrogens with zero attached hydrogens (tertiary/aromatic N) is 2. The number of thioether (sulfide) groups is 1. The van der Waals surface area contributed by atoms with Crippen LogP contribution < -0.4 is 9.64 Å². The highest BCUT2D eigenvalue weighted by atomic mass is 32.2. The second-order valence-electron chi connectivity index (χ2n) is 5.93. The number of thiocarbonyl (C=S) groups is 1. The zero-order valence-electron chi connectivity index (χ0n) is 15.0. The van der Waals surface area contributed by atoms with Crippen LogP contribution in [-0.2, 0) is 4.79 Å². The van der Waals surface area contributed by atoms with Crippen molar-refractivity contribution in [2.45, 2.75) is 13.8 Å². The van der Waals surface area contributed by atoms with Crippen molar-refractivity contribution in [1.29, 1.82) is 0 Å². The zero-order chi connectivity index (χ0) is 20.4. The third kappa shape index (κ3) is 3.85. The molecule has 2 aromatic rings. The molecule has 0 bridgehead atoms. The molecule has 0 aromatic heterocycles. The van der Waals surface area contributed by atoms with Gasteiger partial charge in [-0.2, -0.15) is 0 Å². The second-order valence-corrected chi connectivity index (χ2v) is 7.61. The Morgan fingerprint density at radius 2 is 2.11 bits per heavy atom. The van der Waals surface area contributed by atoms with Crippen LogP contribution in [0.2, 0.25) is 0 Å². The number of amides is 1. The maximum Gasteiger partial charge on any atom is 0.315 e. The van der Waals surface area contributed by atoms with Gasteiger partial charge in [0.05, 0.1) is 22.1 Å². The van der Waals surface area contributed by atoms with Crippen molar-refractivity contribution in [3.05, 3.63) is 62.5 Å². The summed E-state index contributed by atoms with van der Waals surface area (Å²) in [6, 6.07) is 10.0. The minimum atomic E-state index is -0.701. The molecule has 1 aliphatic rings. The second kappa shape index (κ2) is 7.99. The van der Waals surface area contributed by atoms with Crippen LogP contribution in [0.3, 0.4) is 0 Å². The lowest BCUT2D eigenvalue weighted by atomic mass is 10.1. The van der Waals surface area contributed by atoms with Crippen molar-refractivity contribution in [3.8, 4) is 11.5 Å². The first-order chi connectivity index (χ1) is 13.3. The lowest BCUT2D eigenvalue weighted by Gasteiger charge is -2.14. The van der Waals surface area contributed by atoms with Gasteiger partial charge in [0.1, 0.15) is 0 Å². The Hall–Kier alpha value is -2.91. The molecule has 0 radical (unpaired) electrons. The fourth-order valence-electron chi connectivity index (χ4n) is 2.71. The monoisotopic (exact) mass is 416 g/mol. The fourth-order valence-corrected chi connectivity index (χ4v) is 4.01. The van der Waals surface area contributed by atoms with E-state index in [1.165, 1.54) is 23.1 Å². The summed E-state index contributed by atoms with van der Waals surface area (Å²) in [5, 5.41) is 21.2. The highest BCUT2D eigenvalue weighted by molar-refractivity contribution is 8.27. The van der Waals surface area contributed by atoms with Gasteiger partial charge >= 0.3 is 5.69 Å². The maximum atomic E-state index is 12.9. The highest BCUT2D eigenvalue weighted by Gasteiger charge is 2.33. The van der Waals surface area contributed by atoms with Crippen LogP contribution >= 0.6 is 24.0 Å². The van der Waals surface area contributed by atoms with Gasteiger partial charge in [0, 0.05) is 6.07 Å². The van der Waals surface area contributed by atoms with Crippen LogP contribution in [0.5, 0.6) is 11.5 Å². The number of anilines is 1. The molecule has 144 valence electrons. The van der Waals surface area contributed by atoms with E-state index >= 15 is 0 Å². The predicted octanol–water partition coefficient (Wildman–Crippen LogP) is 4.41. The number of carbonyl (C=O) groups is 1. The van der Waals surface area contributed by atoms with Gasteiger partial charge in [0.25, 0.3) is 5.91 Å². The van der Waals surface area contributed by atoms with Crippen LogP contribution in [0.1, 0.15) is 18.1 Å². The van der Waals surface area contributed by atoms with Crippen molar-refractivity contribution in [3.63, 3.8) is 0 Å². The summed E-state index contributed by atoms with van der Waals surface area (Å²) in [4.78, 5) is 25.1. The number of nitro benzene ring substituents is 1. The van der Waals surface area contributed by atoms with Gasteiger partial charge in [0.2, 0.25) is 5.75 Å². The summed E-state index contributed by atoms with van der Waals surface area (Å²) in [5.41, 5.74) is 1.52. The van der Waals surface area contributed by atoms with E-state index < -0.39 is 16.4 Å². The normalized spacial score (nSPS) is 15.4. The van der Waals surface area contributed by atoms with Crippen molar-refractivity contribution in [1.82, 2.24) is 0 Å². The van der Waals surface area contributed by atoms with Crippen molar-refractivity contribution in [2.75, 3.05) is 11.5 Å². The van der Waals surface area contributed by atoms with E-state index in [0.29, 0.717) is 20.5 Å². The largest absolute Gasteiger partial charge is 0.500 e. The molecule has 1 N–H and O–H groups in total. The van der Waals surface area contributed by atoms with Crippen molar-refractivity contribution < 1.29 is 19.6 Å². The Bertz CT molecular complexity index is 1020. The summed E-state index contributed by atoms with van der Waals surface area (Å²) in [6.45, 7) is 3.84. The van der Waals surface area contributed by atoms with E-state index in [4.69, 9.17) is 17.0 Å². The minimum Gasteiger partial charge on any atom is -0.500 e. The van der Waals surface area contributed by atoms with E-state index in [0.717, 1.165) is 17.3 Å². The highest BCUT2D eigenvalue weighted by Crippen LogP contribution is 2.40. The van der Waals surface area contributed by atoms with Gasteiger partial charge in [-0.1, -0.05) is 36.1 Å². The Morgan fingerprint density at radius 3 is 2.75 bits per heavy atom. The SMILES string of the molecule is CCOc1cc(/C=C2/SC(=S)N(c3cccc(C)c3)C2=O)cc([N+](=O)[O-])c1O. The number of aryl methyl sites for hydroxylation is 1. The molecule has 1 amide bonds. The first-order valence-corrected chi connectivity index (χ1v) is 9.53. The Kier molecular flexibility index (Phi) is 5.66. The first kappa shape index (κ1) is 19.8. The maximum absolute atomic E-state index is 12.9. The molecular formula is C19H16N2O5S2. The number of aromatic hydroxyl groups is 1. The van der Waals surface area contributed by atoms with Gasteiger partial charge in [-0.25, -0.2) is 0 Å². The van der Waals surface area contributed by atoms with E-state index in [-0.39, 0.29) is 18.3 Å². The number of phenols is 1. The molecule has 1 heterocycles. The van der Waals surface area contributed by atoms with Crippen LogP contribution in [0.4, 0.5) is 11.4 Å². The van der Waals surface area contributed by atoms with Gasteiger partial charge in [0.15, 0.2) is 10.1 Å². The summed E-state index contributed by atoms with van der Waals surface area (Å²) < 4.78 is 5.65. The standard InChI is InChI=1S/C19H16N2O5S2/c1-3-26-15-9-12(8-14(17(15)22)21(24)25)10-16-18(23)20(19(27)28-16)13-6-4-5-11(2)7-13/h4-10,22H,3H2,1-2H3/b16-10+. The van der Waals surface area contributed by atoms with Crippen molar-refractivity contribution in [2.24, 2.45) is 0 Å². The summed E-state index contributed by atoms with van der Waals surface area (Å²) >= 11 is 6.46. The number of carbonyl (C=O) groups excluding carboxylic acids is 1. The van der Waals surface area contributed by atoms with E-state index in [1.807, 2.05) is 25.1 Å². The van der Waals surface area contributed by atoms with Gasteiger partial charge in [-0.15, -0.1) is 0 Å². The molecule has 9 heteroatoms. The summed E-state index contributed by atoms with van der Waals surface area (Å²) in [7, 11) is 0. The topological polar surface area (TPSA) is 92.9 Å². The molecule has 1 saturated heterocycles. The third-order valence-electron chi connectivity index (χ3n) is 3.93. The molecule has 0 unspecified atom stereocenters. The molecule has 1 fully saturated rings. The average Bonchev–Trinajstić information content (AvgIpc) is 2.91. The smallest absolute Gasteiger partial charge is 0.315 e. The van der Waals surface area contributed by atoms with Crippen LogP contribution in [0, 0.1) is 17.0 Å².